The quantitative estimate of drug-likeness (QED) is 0.776. The Hall–Kier alpha value is -2.66. The minimum Gasteiger partial charge on any atom is -0.330 e. The molecule has 1 aliphatic carbocycles. The van der Waals surface area contributed by atoms with E-state index in [-0.39, 0.29) is 0 Å². The zero-order chi connectivity index (χ0) is 19.2. The summed E-state index contributed by atoms with van der Waals surface area (Å²) in [5.74, 6) is 0.0468. The second kappa shape index (κ2) is 6.50. The van der Waals surface area contributed by atoms with E-state index < -0.39 is 11.2 Å². The second-order valence-corrected chi connectivity index (χ2v) is 7.56. The highest BCUT2D eigenvalue weighted by Crippen LogP contribution is 2.46. The fourth-order valence-corrected chi connectivity index (χ4v) is 4.65. The van der Waals surface area contributed by atoms with Crippen molar-refractivity contribution in [2.24, 2.45) is 12.8 Å². The third-order valence-electron chi connectivity index (χ3n) is 5.72. The molecule has 4 rings (SSSR count). The number of hydrogen-bond acceptors (Lipinski definition) is 4. The molecule has 1 aromatic heterocycles. The van der Waals surface area contributed by atoms with Gasteiger partial charge in [0, 0.05) is 7.05 Å². The monoisotopic (exact) mass is 363 g/mol. The molecule has 0 saturated heterocycles. The largest absolute Gasteiger partial charge is 0.459 e. The fraction of sp³-hybridized carbons (Fsp3) is 0.364. The van der Waals surface area contributed by atoms with Gasteiger partial charge in [0.2, 0.25) is 0 Å². The Kier molecular flexibility index (Phi) is 4.27. The lowest BCUT2D eigenvalue weighted by atomic mass is 9.69. The van der Waals surface area contributed by atoms with Crippen molar-refractivity contribution in [3.05, 3.63) is 86.2 Å². The number of fused-ring (bicyclic) bond motifs is 2. The molecule has 0 fully saturated rings. The Morgan fingerprint density at radius 3 is 2.07 bits per heavy atom. The van der Waals surface area contributed by atoms with Gasteiger partial charge >= 0.3 is 5.76 Å². The Morgan fingerprint density at radius 1 is 1.07 bits per heavy atom. The molecule has 0 amide bonds. The number of aromatic nitrogens is 2. The summed E-state index contributed by atoms with van der Waals surface area (Å²) in [6.45, 7) is 4.69. The zero-order valence-electron chi connectivity index (χ0n) is 16.1. The highest BCUT2D eigenvalue weighted by molar-refractivity contribution is 5.55. The van der Waals surface area contributed by atoms with Gasteiger partial charge < -0.3 is 10.3 Å². The summed E-state index contributed by atoms with van der Waals surface area (Å²) in [5.41, 5.74) is 12.9. The van der Waals surface area contributed by atoms with Crippen LogP contribution >= 0.6 is 0 Å². The van der Waals surface area contributed by atoms with Gasteiger partial charge in [0.05, 0.1) is 5.41 Å². The van der Waals surface area contributed by atoms with Gasteiger partial charge in [-0.2, -0.15) is 9.72 Å². The van der Waals surface area contributed by atoms with E-state index in [4.69, 9.17) is 10.3 Å². The minimum atomic E-state index is -0.599. The summed E-state index contributed by atoms with van der Waals surface area (Å²) in [5, 5.41) is 0. The lowest BCUT2D eigenvalue weighted by Crippen LogP contribution is -2.36. The first-order valence-corrected chi connectivity index (χ1v) is 9.40. The van der Waals surface area contributed by atoms with Gasteiger partial charge in [0.1, 0.15) is 0 Å². The molecule has 0 spiro atoms. The summed E-state index contributed by atoms with van der Waals surface area (Å²) >= 11 is 0. The van der Waals surface area contributed by atoms with Gasteiger partial charge in [-0.1, -0.05) is 47.5 Å². The van der Waals surface area contributed by atoms with Crippen molar-refractivity contribution in [2.75, 3.05) is 6.54 Å². The van der Waals surface area contributed by atoms with Crippen molar-refractivity contribution in [2.45, 2.75) is 38.5 Å². The Balaban J connectivity index is 2.15. The number of aryl methyl sites for hydroxylation is 5. The van der Waals surface area contributed by atoms with Gasteiger partial charge in [0.25, 0.3) is 0 Å². The number of rotatable bonds is 3. The number of nitrogens with zero attached hydrogens (tertiary/aromatic N) is 2. The van der Waals surface area contributed by atoms with Crippen LogP contribution in [0.25, 0.3) is 0 Å². The van der Waals surface area contributed by atoms with Crippen LogP contribution in [-0.4, -0.2) is 16.3 Å². The van der Waals surface area contributed by atoms with E-state index in [2.05, 4.69) is 55.2 Å². The van der Waals surface area contributed by atoms with Crippen LogP contribution in [0.1, 0.15) is 45.6 Å². The van der Waals surface area contributed by atoms with Crippen molar-refractivity contribution in [3.63, 3.8) is 0 Å². The smallest absolute Gasteiger partial charge is 0.330 e. The molecule has 3 aromatic rings. The van der Waals surface area contributed by atoms with Crippen LogP contribution in [-0.2, 0) is 25.3 Å². The molecule has 2 N–H and O–H groups in total. The van der Waals surface area contributed by atoms with E-state index in [0.29, 0.717) is 18.8 Å². The van der Waals surface area contributed by atoms with Crippen molar-refractivity contribution in [1.82, 2.24) is 9.72 Å². The first-order chi connectivity index (χ1) is 13.0. The average Bonchev–Trinajstić information content (AvgIpc) is 2.90. The first kappa shape index (κ1) is 17.7. The highest BCUT2D eigenvalue weighted by atomic mass is 16.5. The van der Waals surface area contributed by atoms with E-state index >= 15 is 0 Å². The van der Waals surface area contributed by atoms with Gasteiger partial charge in [-0.15, -0.1) is 0 Å². The number of nitrogens with two attached hydrogens (primary N) is 1. The zero-order valence-corrected chi connectivity index (χ0v) is 16.1. The van der Waals surface area contributed by atoms with Crippen molar-refractivity contribution in [3.8, 4) is 0 Å². The maximum atomic E-state index is 12.0. The molecule has 0 unspecified atom stereocenters. The maximum absolute atomic E-state index is 12.0. The summed E-state index contributed by atoms with van der Waals surface area (Å²) in [7, 11) is 1.74. The van der Waals surface area contributed by atoms with Gasteiger partial charge in [-0.25, -0.2) is 4.79 Å². The van der Waals surface area contributed by atoms with Crippen molar-refractivity contribution < 1.29 is 4.52 Å². The first-order valence-electron chi connectivity index (χ1n) is 9.40. The van der Waals surface area contributed by atoms with Crippen LogP contribution in [0.3, 0.4) is 0 Å². The highest BCUT2D eigenvalue weighted by Gasteiger charge is 2.44. The standard InChI is InChI=1S/C22H25N3O2/c1-14-4-8-18-16(12-14)6-7-17-13-15(2)5-9-19(17)22(18,10-11-23)20-24-21(26)27-25(20)3/h4-5,8-9,12-13H,6-7,10-11,23H2,1-3H3. The maximum Gasteiger partial charge on any atom is 0.459 e. The number of benzene rings is 2. The molecule has 5 nitrogen and oxygen atoms in total. The minimum absolute atomic E-state index is 0.474. The predicted octanol–water partition coefficient (Wildman–Crippen LogP) is 2.77. The molecule has 0 saturated carbocycles. The lowest BCUT2D eigenvalue weighted by Gasteiger charge is -2.35. The molecule has 27 heavy (non-hydrogen) atoms. The summed E-state index contributed by atoms with van der Waals surface area (Å²) in [6.07, 6.45) is 2.55. The Bertz CT molecular complexity index is 1010. The van der Waals surface area contributed by atoms with E-state index in [0.717, 1.165) is 12.8 Å². The van der Waals surface area contributed by atoms with Crippen LogP contribution in [0.4, 0.5) is 0 Å². The van der Waals surface area contributed by atoms with Gasteiger partial charge in [-0.3, -0.25) is 0 Å². The average molecular weight is 363 g/mol. The van der Waals surface area contributed by atoms with Gasteiger partial charge in [-0.05, 0) is 61.9 Å². The SMILES string of the molecule is Cc1ccc2c(c1)CCc1cc(C)ccc1C2(CCN)c1nc(=O)on1C. The van der Waals surface area contributed by atoms with Crippen LogP contribution in [0.2, 0.25) is 0 Å². The Labute approximate surface area is 158 Å². The van der Waals surface area contributed by atoms with Crippen molar-refractivity contribution in [1.29, 1.82) is 0 Å². The van der Waals surface area contributed by atoms with E-state index in [1.54, 1.807) is 7.05 Å². The Morgan fingerprint density at radius 2 is 1.63 bits per heavy atom. The predicted molar refractivity (Wildman–Crippen MR) is 105 cm³/mol. The topological polar surface area (TPSA) is 74.1 Å². The van der Waals surface area contributed by atoms with Gasteiger partial charge in [0.15, 0.2) is 5.82 Å². The summed E-state index contributed by atoms with van der Waals surface area (Å²) in [4.78, 5) is 16.3. The normalized spacial score (nSPS) is 15.1. The second-order valence-electron chi connectivity index (χ2n) is 7.56. The molecule has 140 valence electrons. The molecule has 1 aliphatic rings. The van der Waals surface area contributed by atoms with E-state index in [1.807, 2.05) is 0 Å². The molecular formula is C22H25N3O2. The molecule has 5 heteroatoms. The third-order valence-corrected chi connectivity index (χ3v) is 5.72. The van der Waals surface area contributed by atoms with Crippen LogP contribution in [0, 0.1) is 13.8 Å². The lowest BCUT2D eigenvalue weighted by molar-refractivity contribution is 0.265. The molecule has 0 bridgehead atoms. The molecule has 1 heterocycles. The third kappa shape index (κ3) is 2.73. The molecule has 0 atom stereocenters. The van der Waals surface area contributed by atoms with Crippen LogP contribution in [0.5, 0.6) is 0 Å². The fourth-order valence-electron chi connectivity index (χ4n) is 4.65. The molecule has 0 radical (unpaired) electrons. The van der Waals surface area contributed by atoms with Crippen LogP contribution in [0.15, 0.2) is 45.7 Å². The number of hydrogen-bond donors (Lipinski definition) is 1. The van der Waals surface area contributed by atoms with Crippen LogP contribution < -0.4 is 11.5 Å². The molecule has 0 aliphatic heterocycles. The van der Waals surface area contributed by atoms with E-state index in [9.17, 15) is 4.79 Å². The summed E-state index contributed by atoms with van der Waals surface area (Å²) < 4.78 is 6.78. The van der Waals surface area contributed by atoms with E-state index in [1.165, 1.54) is 38.1 Å². The van der Waals surface area contributed by atoms with Crippen molar-refractivity contribution >= 4 is 0 Å². The molecular weight excluding hydrogens is 338 g/mol. The molecule has 2 aromatic carbocycles. The summed E-state index contributed by atoms with van der Waals surface area (Å²) in [6, 6.07) is 13.1.